The molecule has 3 nitrogen and oxygen atoms in total. The van der Waals surface area contributed by atoms with Gasteiger partial charge in [-0.3, -0.25) is 9.89 Å². The molecule has 4 heteroatoms. The summed E-state index contributed by atoms with van der Waals surface area (Å²) in [7, 11) is 0. The fourth-order valence-corrected chi connectivity index (χ4v) is 2.31. The van der Waals surface area contributed by atoms with Crippen LogP contribution >= 0.6 is 12.2 Å². The van der Waals surface area contributed by atoms with E-state index >= 15 is 0 Å². The van der Waals surface area contributed by atoms with Crippen LogP contribution in [0.4, 0.5) is 5.69 Å². The van der Waals surface area contributed by atoms with Gasteiger partial charge in [-0.1, -0.05) is 12.2 Å². The van der Waals surface area contributed by atoms with Gasteiger partial charge in [0.2, 0.25) is 0 Å². The number of hydrogen-bond donors (Lipinski definition) is 0. The molecule has 102 valence electrons. The van der Waals surface area contributed by atoms with E-state index in [4.69, 9.17) is 17.0 Å². The molecule has 1 aliphatic rings. The molecule has 19 heavy (non-hydrogen) atoms. The van der Waals surface area contributed by atoms with E-state index in [1.165, 1.54) is 31.3 Å². The molecule has 0 aliphatic carbocycles. The molecule has 1 saturated heterocycles. The Bertz CT molecular complexity index is 424. The van der Waals surface area contributed by atoms with Crippen LogP contribution in [0.1, 0.15) is 19.8 Å². The number of rotatable bonds is 6. The van der Waals surface area contributed by atoms with E-state index in [2.05, 4.69) is 16.8 Å². The normalized spacial score (nSPS) is 17.7. The minimum atomic E-state index is 0.481. The number of nitrogens with zero attached hydrogens (tertiary/aromatic N) is 2. The van der Waals surface area contributed by atoms with Crippen molar-refractivity contribution in [2.45, 2.75) is 25.8 Å². The van der Waals surface area contributed by atoms with E-state index in [1.54, 1.807) is 6.21 Å². The van der Waals surface area contributed by atoms with Crippen molar-refractivity contribution in [3.63, 3.8) is 0 Å². The third-order valence-electron chi connectivity index (χ3n) is 3.38. The lowest BCUT2D eigenvalue weighted by atomic mass is 10.3. The van der Waals surface area contributed by atoms with Gasteiger partial charge >= 0.3 is 0 Å². The summed E-state index contributed by atoms with van der Waals surface area (Å²) in [4.78, 5) is 6.66. The Kier molecular flexibility index (Phi) is 5.48. The highest BCUT2D eigenvalue weighted by atomic mass is 32.1. The summed E-state index contributed by atoms with van der Waals surface area (Å²) in [5.41, 5.74) is 0.890. The van der Waals surface area contributed by atoms with Crippen LogP contribution in [-0.2, 0) is 0 Å². The second kappa shape index (κ2) is 7.36. The summed E-state index contributed by atoms with van der Waals surface area (Å²) < 4.78 is 5.82. The van der Waals surface area contributed by atoms with Crippen LogP contribution in [0.25, 0.3) is 0 Å². The monoisotopic (exact) mass is 276 g/mol. The van der Waals surface area contributed by atoms with Gasteiger partial charge in [-0.25, -0.2) is 0 Å². The highest BCUT2D eigenvalue weighted by molar-refractivity contribution is 7.80. The molecular weight excluding hydrogens is 256 g/mol. The Morgan fingerprint density at radius 2 is 2.00 bits per heavy atom. The van der Waals surface area contributed by atoms with Crippen LogP contribution in [0, 0.1) is 0 Å². The van der Waals surface area contributed by atoms with E-state index in [9.17, 15) is 0 Å². The minimum absolute atomic E-state index is 0.481. The summed E-state index contributed by atoms with van der Waals surface area (Å²) >= 11 is 4.70. The van der Waals surface area contributed by atoms with Crippen LogP contribution in [0.2, 0.25) is 0 Å². The number of likely N-dealkylation sites (tertiary alicyclic amines) is 1. The minimum Gasteiger partial charge on any atom is -0.492 e. The smallest absolute Gasteiger partial charge is 0.119 e. The fourth-order valence-electron chi connectivity index (χ4n) is 2.25. The van der Waals surface area contributed by atoms with Crippen molar-refractivity contribution in [3.8, 4) is 5.75 Å². The SMILES string of the molecule is C[C@H](COc1ccc(N=CC=S)cc1)N1CCCC1. The van der Waals surface area contributed by atoms with Gasteiger partial charge in [-0.2, -0.15) is 0 Å². The van der Waals surface area contributed by atoms with Crippen molar-refractivity contribution in [3.05, 3.63) is 24.3 Å². The first-order valence-corrected chi connectivity index (χ1v) is 7.21. The molecule has 1 aliphatic heterocycles. The first-order chi connectivity index (χ1) is 9.29. The Hall–Kier alpha value is -1.26. The highest BCUT2D eigenvalue weighted by Crippen LogP contribution is 2.19. The molecule has 1 aromatic carbocycles. The van der Waals surface area contributed by atoms with Crippen LogP contribution < -0.4 is 4.74 Å². The molecule has 0 amide bonds. The van der Waals surface area contributed by atoms with Crippen LogP contribution in [0.5, 0.6) is 5.75 Å². The lowest BCUT2D eigenvalue weighted by Crippen LogP contribution is -2.34. The third kappa shape index (κ3) is 4.40. The zero-order chi connectivity index (χ0) is 13.5. The molecule has 1 fully saturated rings. The Balaban J connectivity index is 1.82. The van der Waals surface area contributed by atoms with E-state index < -0.39 is 0 Å². The van der Waals surface area contributed by atoms with E-state index in [0.717, 1.165) is 18.0 Å². The summed E-state index contributed by atoms with van der Waals surface area (Å²) in [6.07, 6.45) is 4.24. The van der Waals surface area contributed by atoms with Gasteiger partial charge < -0.3 is 4.74 Å². The standard InChI is InChI=1S/C15H20N2OS/c1-13(17-9-2-3-10-17)12-18-15-6-4-14(5-7-15)16-8-11-19/h4-8,11,13H,2-3,9-10,12H2,1H3/t13-/m1/s1. The van der Waals surface area contributed by atoms with Gasteiger partial charge in [0.1, 0.15) is 12.4 Å². The summed E-state index contributed by atoms with van der Waals surface area (Å²) in [6, 6.07) is 8.26. The molecular formula is C15H20N2OS. The van der Waals surface area contributed by atoms with E-state index in [0.29, 0.717) is 6.04 Å². The molecule has 0 aromatic heterocycles. The highest BCUT2D eigenvalue weighted by Gasteiger charge is 2.18. The van der Waals surface area contributed by atoms with Gasteiger partial charge in [0, 0.05) is 17.6 Å². The second-order valence-corrected chi connectivity index (χ2v) is 5.08. The maximum atomic E-state index is 5.82. The van der Waals surface area contributed by atoms with Crippen molar-refractivity contribution in [1.82, 2.24) is 4.90 Å². The van der Waals surface area contributed by atoms with Crippen molar-refractivity contribution >= 4 is 29.5 Å². The molecule has 2 rings (SSSR count). The number of ether oxygens (including phenoxy) is 1. The fraction of sp³-hybridized carbons (Fsp3) is 0.467. The third-order valence-corrected chi connectivity index (χ3v) is 3.50. The predicted molar refractivity (Wildman–Crippen MR) is 84.0 cm³/mol. The zero-order valence-electron chi connectivity index (χ0n) is 11.3. The lowest BCUT2D eigenvalue weighted by molar-refractivity contribution is 0.172. The van der Waals surface area contributed by atoms with Gasteiger partial charge in [0.15, 0.2) is 0 Å². The summed E-state index contributed by atoms with van der Waals surface area (Å²) in [6.45, 7) is 5.37. The lowest BCUT2D eigenvalue weighted by Gasteiger charge is -2.23. The quantitative estimate of drug-likeness (QED) is 0.589. The average molecular weight is 276 g/mol. The molecule has 0 radical (unpaired) electrons. The predicted octanol–water partition coefficient (Wildman–Crippen LogP) is 3.25. The van der Waals surface area contributed by atoms with Gasteiger partial charge in [-0.05, 0) is 57.1 Å². The number of benzene rings is 1. The van der Waals surface area contributed by atoms with Gasteiger partial charge in [0.25, 0.3) is 0 Å². The van der Waals surface area contributed by atoms with Crippen molar-refractivity contribution < 1.29 is 4.74 Å². The van der Waals surface area contributed by atoms with Crippen LogP contribution in [0.3, 0.4) is 0 Å². The second-order valence-electron chi connectivity index (χ2n) is 4.81. The zero-order valence-corrected chi connectivity index (χ0v) is 12.1. The number of hydrogen-bond acceptors (Lipinski definition) is 4. The van der Waals surface area contributed by atoms with Gasteiger partial charge in [-0.15, -0.1) is 0 Å². The van der Waals surface area contributed by atoms with Gasteiger partial charge in [0.05, 0.1) is 5.69 Å². The molecule has 0 saturated carbocycles. The van der Waals surface area contributed by atoms with E-state index in [-0.39, 0.29) is 0 Å². The molecule has 1 aromatic rings. The van der Waals surface area contributed by atoms with Crippen molar-refractivity contribution in [2.24, 2.45) is 4.99 Å². The Morgan fingerprint density at radius 1 is 1.32 bits per heavy atom. The first-order valence-electron chi connectivity index (χ1n) is 6.74. The molecule has 1 atom stereocenters. The maximum Gasteiger partial charge on any atom is 0.119 e. The number of aliphatic imine (C=N–C) groups is 1. The summed E-state index contributed by atoms with van der Waals surface area (Å²) in [5.74, 6) is 0.896. The molecule has 0 spiro atoms. The van der Waals surface area contributed by atoms with Crippen molar-refractivity contribution in [2.75, 3.05) is 19.7 Å². The summed E-state index contributed by atoms with van der Waals surface area (Å²) in [5, 5.41) is 1.50. The number of thiocarbonyl (C=S) groups is 1. The molecule has 0 bridgehead atoms. The largest absolute Gasteiger partial charge is 0.492 e. The Labute approximate surface area is 120 Å². The van der Waals surface area contributed by atoms with Crippen LogP contribution in [0.15, 0.2) is 29.3 Å². The average Bonchev–Trinajstić information content (AvgIpc) is 2.98. The molecule has 1 heterocycles. The molecule has 0 unspecified atom stereocenters. The van der Waals surface area contributed by atoms with E-state index in [1.807, 2.05) is 24.3 Å². The van der Waals surface area contributed by atoms with Crippen molar-refractivity contribution in [1.29, 1.82) is 0 Å². The molecule has 0 N–H and O–H groups in total. The van der Waals surface area contributed by atoms with Crippen LogP contribution in [-0.4, -0.2) is 42.2 Å². The topological polar surface area (TPSA) is 24.8 Å². The Morgan fingerprint density at radius 3 is 2.63 bits per heavy atom. The first kappa shape index (κ1) is 14.2. The maximum absolute atomic E-state index is 5.82.